The molecule has 94 valence electrons. The lowest BCUT2D eigenvalue weighted by molar-refractivity contribution is -0.0202. The van der Waals surface area contributed by atoms with Gasteiger partial charge in [-0.1, -0.05) is 0 Å². The molecule has 17 heavy (non-hydrogen) atoms. The largest absolute Gasteiger partial charge is 0.388 e. The SMILES string of the molecule is CCn1ncc(NCC2(O)CCC2)c(Br)c1=O. The molecule has 0 unspecified atom stereocenters. The minimum atomic E-state index is -0.612. The average Bonchev–Trinajstić information content (AvgIpc) is 2.29. The van der Waals surface area contributed by atoms with E-state index in [4.69, 9.17) is 0 Å². The molecular formula is C11H16BrN3O2. The minimum absolute atomic E-state index is 0.155. The number of halogens is 1. The summed E-state index contributed by atoms with van der Waals surface area (Å²) in [5, 5.41) is 17.1. The first kappa shape index (κ1) is 12.6. The van der Waals surface area contributed by atoms with Crippen molar-refractivity contribution in [1.29, 1.82) is 0 Å². The van der Waals surface area contributed by atoms with E-state index in [-0.39, 0.29) is 5.56 Å². The zero-order valence-electron chi connectivity index (χ0n) is 9.74. The van der Waals surface area contributed by atoms with Crippen LogP contribution in [0.15, 0.2) is 15.5 Å². The van der Waals surface area contributed by atoms with Crippen molar-refractivity contribution < 1.29 is 5.11 Å². The van der Waals surface area contributed by atoms with Crippen LogP contribution in [0.25, 0.3) is 0 Å². The van der Waals surface area contributed by atoms with Crippen LogP contribution < -0.4 is 10.9 Å². The summed E-state index contributed by atoms with van der Waals surface area (Å²) in [5.41, 5.74) is -0.128. The van der Waals surface area contributed by atoms with Gasteiger partial charge in [0.25, 0.3) is 5.56 Å². The molecule has 0 spiro atoms. The molecule has 6 heteroatoms. The third-order valence-corrected chi connectivity index (χ3v) is 3.94. The first-order chi connectivity index (χ1) is 8.06. The van der Waals surface area contributed by atoms with Crippen LogP contribution in [-0.4, -0.2) is 27.0 Å². The molecule has 0 atom stereocenters. The van der Waals surface area contributed by atoms with E-state index < -0.39 is 5.60 Å². The number of aryl methyl sites for hydroxylation is 1. The van der Waals surface area contributed by atoms with E-state index in [1.54, 1.807) is 6.20 Å². The first-order valence-corrected chi connectivity index (χ1v) is 6.57. The highest BCUT2D eigenvalue weighted by Gasteiger charge is 2.34. The quantitative estimate of drug-likeness (QED) is 0.881. The van der Waals surface area contributed by atoms with Crippen LogP contribution >= 0.6 is 15.9 Å². The summed E-state index contributed by atoms with van der Waals surface area (Å²) in [5.74, 6) is 0. The second-order valence-electron chi connectivity index (χ2n) is 4.42. The van der Waals surface area contributed by atoms with Crippen molar-refractivity contribution in [3.8, 4) is 0 Å². The first-order valence-electron chi connectivity index (χ1n) is 5.77. The molecule has 0 saturated heterocycles. The van der Waals surface area contributed by atoms with E-state index in [0.717, 1.165) is 19.3 Å². The highest BCUT2D eigenvalue weighted by atomic mass is 79.9. The molecule has 2 N–H and O–H groups in total. The van der Waals surface area contributed by atoms with Crippen molar-refractivity contribution in [3.63, 3.8) is 0 Å². The van der Waals surface area contributed by atoms with Gasteiger partial charge in [0.15, 0.2) is 0 Å². The van der Waals surface area contributed by atoms with Gasteiger partial charge in [0.05, 0.1) is 17.5 Å². The molecule has 0 aliphatic heterocycles. The predicted octanol–water partition coefficient (Wildman–Crippen LogP) is 1.35. The Hall–Kier alpha value is -0.880. The van der Waals surface area contributed by atoms with E-state index in [0.29, 0.717) is 23.2 Å². The Morgan fingerprint density at radius 1 is 1.65 bits per heavy atom. The Morgan fingerprint density at radius 2 is 2.35 bits per heavy atom. The van der Waals surface area contributed by atoms with Crippen LogP contribution in [0.5, 0.6) is 0 Å². The molecule has 0 bridgehead atoms. The normalized spacial score (nSPS) is 17.6. The third-order valence-electron chi connectivity index (χ3n) is 3.18. The fourth-order valence-electron chi connectivity index (χ4n) is 1.83. The number of aromatic nitrogens is 2. The van der Waals surface area contributed by atoms with Gasteiger partial charge in [-0.05, 0) is 42.1 Å². The van der Waals surface area contributed by atoms with Crippen LogP contribution in [-0.2, 0) is 6.54 Å². The zero-order chi connectivity index (χ0) is 12.5. The average molecular weight is 302 g/mol. The molecular weight excluding hydrogens is 286 g/mol. The monoisotopic (exact) mass is 301 g/mol. The van der Waals surface area contributed by atoms with Crippen molar-refractivity contribution in [2.24, 2.45) is 0 Å². The van der Waals surface area contributed by atoms with Crippen molar-refractivity contribution in [1.82, 2.24) is 9.78 Å². The standard InChI is InChI=1S/C11H16BrN3O2/c1-2-15-10(16)9(12)8(6-14-15)13-7-11(17)4-3-5-11/h6,13,17H,2-5,7H2,1H3. The fourth-order valence-corrected chi connectivity index (χ4v) is 2.28. The van der Waals surface area contributed by atoms with Crippen LogP contribution in [0.4, 0.5) is 5.69 Å². The second kappa shape index (κ2) is 4.78. The molecule has 1 saturated carbocycles. The molecule has 1 aromatic rings. The Morgan fingerprint density at radius 3 is 2.88 bits per heavy atom. The molecule has 1 aliphatic carbocycles. The molecule has 0 amide bonds. The molecule has 0 radical (unpaired) electrons. The number of hydrogen-bond acceptors (Lipinski definition) is 4. The summed E-state index contributed by atoms with van der Waals surface area (Å²) in [7, 11) is 0. The van der Waals surface area contributed by atoms with Crippen molar-refractivity contribution >= 4 is 21.6 Å². The topological polar surface area (TPSA) is 67.2 Å². The molecule has 1 aromatic heterocycles. The summed E-state index contributed by atoms with van der Waals surface area (Å²) in [4.78, 5) is 11.8. The van der Waals surface area contributed by atoms with Gasteiger partial charge in [0, 0.05) is 13.1 Å². The van der Waals surface area contributed by atoms with E-state index >= 15 is 0 Å². The van der Waals surface area contributed by atoms with E-state index in [2.05, 4.69) is 26.3 Å². The van der Waals surface area contributed by atoms with E-state index in [1.807, 2.05) is 6.92 Å². The number of anilines is 1. The Balaban J connectivity index is 2.11. The smallest absolute Gasteiger partial charge is 0.283 e. The van der Waals surface area contributed by atoms with Crippen molar-refractivity contribution in [2.45, 2.75) is 38.3 Å². The molecule has 1 aliphatic rings. The second-order valence-corrected chi connectivity index (χ2v) is 5.22. The summed E-state index contributed by atoms with van der Waals surface area (Å²) < 4.78 is 1.85. The number of rotatable bonds is 4. The third kappa shape index (κ3) is 2.52. The maximum Gasteiger partial charge on any atom is 0.283 e. The number of nitrogens with zero attached hydrogens (tertiary/aromatic N) is 2. The number of nitrogens with one attached hydrogen (secondary N) is 1. The summed E-state index contributed by atoms with van der Waals surface area (Å²) in [6, 6.07) is 0. The van der Waals surface area contributed by atoms with Gasteiger partial charge >= 0.3 is 0 Å². The van der Waals surface area contributed by atoms with Gasteiger partial charge in [-0.3, -0.25) is 4.79 Å². The molecule has 2 rings (SSSR count). The predicted molar refractivity (Wildman–Crippen MR) is 69.2 cm³/mol. The van der Waals surface area contributed by atoms with Gasteiger partial charge in [0.2, 0.25) is 0 Å². The van der Waals surface area contributed by atoms with Crippen LogP contribution in [0.3, 0.4) is 0 Å². The zero-order valence-corrected chi connectivity index (χ0v) is 11.3. The molecule has 5 nitrogen and oxygen atoms in total. The van der Waals surface area contributed by atoms with Gasteiger partial charge < -0.3 is 10.4 Å². The van der Waals surface area contributed by atoms with Gasteiger partial charge in [0.1, 0.15) is 4.47 Å². The van der Waals surface area contributed by atoms with E-state index in [9.17, 15) is 9.90 Å². The number of aliphatic hydroxyl groups is 1. The summed E-state index contributed by atoms with van der Waals surface area (Å²) in [6.45, 7) is 2.87. The Bertz CT molecular complexity index is 468. The van der Waals surface area contributed by atoms with Crippen molar-refractivity contribution in [3.05, 3.63) is 21.0 Å². The van der Waals surface area contributed by atoms with Gasteiger partial charge in [-0.25, -0.2) is 4.68 Å². The van der Waals surface area contributed by atoms with Gasteiger partial charge in [-0.15, -0.1) is 0 Å². The molecule has 0 aromatic carbocycles. The van der Waals surface area contributed by atoms with Crippen LogP contribution in [0.2, 0.25) is 0 Å². The Kier molecular flexibility index (Phi) is 3.53. The van der Waals surface area contributed by atoms with Crippen LogP contribution in [0.1, 0.15) is 26.2 Å². The van der Waals surface area contributed by atoms with E-state index in [1.165, 1.54) is 4.68 Å². The highest BCUT2D eigenvalue weighted by Crippen LogP contribution is 2.32. The summed E-state index contributed by atoms with van der Waals surface area (Å²) in [6.07, 6.45) is 4.31. The minimum Gasteiger partial charge on any atom is -0.388 e. The lowest BCUT2D eigenvalue weighted by Crippen LogP contribution is -2.43. The molecule has 1 heterocycles. The maximum atomic E-state index is 11.8. The van der Waals surface area contributed by atoms with Crippen molar-refractivity contribution in [2.75, 3.05) is 11.9 Å². The summed E-state index contributed by atoms with van der Waals surface area (Å²) >= 11 is 3.26. The fraction of sp³-hybridized carbons (Fsp3) is 0.636. The van der Waals surface area contributed by atoms with Gasteiger partial charge in [-0.2, -0.15) is 5.10 Å². The lowest BCUT2D eigenvalue weighted by Gasteiger charge is -2.36. The lowest BCUT2D eigenvalue weighted by atomic mass is 9.80. The maximum absolute atomic E-state index is 11.8. The Labute approximate surface area is 108 Å². The molecule has 1 fully saturated rings. The number of hydrogen-bond donors (Lipinski definition) is 2. The highest BCUT2D eigenvalue weighted by molar-refractivity contribution is 9.10. The van der Waals surface area contributed by atoms with Crippen LogP contribution in [0, 0.1) is 0 Å².